The minimum Gasteiger partial charge on any atom is -0.493 e. The minimum absolute atomic E-state index is 0.0369. The van der Waals surface area contributed by atoms with Crippen molar-refractivity contribution in [3.05, 3.63) is 80.2 Å². The lowest BCUT2D eigenvalue weighted by Crippen LogP contribution is -2.33. The molecule has 0 aliphatic carbocycles. The zero-order chi connectivity index (χ0) is 38.8. The van der Waals surface area contributed by atoms with Crippen molar-refractivity contribution in [3.8, 4) is 23.0 Å². The number of carbonyl (C=O) groups excluding carboxylic acids is 3. The maximum absolute atomic E-state index is 13.2. The number of benzene rings is 2. The van der Waals surface area contributed by atoms with Crippen LogP contribution in [0.25, 0.3) is 0 Å². The zero-order valence-electron chi connectivity index (χ0n) is 30.2. The molecule has 0 spiro atoms. The van der Waals surface area contributed by atoms with Crippen LogP contribution in [0.4, 0.5) is 16.2 Å². The van der Waals surface area contributed by atoms with Gasteiger partial charge in [-0.25, -0.2) is 0 Å². The highest BCUT2D eigenvalue weighted by molar-refractivity contribution is 5.84. The van der Waals surface area contributed by atoms with E-state index in [2.05, 4.69) is 13.2 Å². The van der Waals surface area contributed by atoms with Crippen LogP contribution in [0.3, 0.4) is 0 Å². The van der Waals surface area contributed by atoms with Gasteiger partial charge in [0.25, 0.3) is 23.2 Å². The molecule has 2 aliphatic heterocycles. The summed E-state index contributed by atoms with van der Waals surface area (Å²) in [6.45, 7) is 15.2. The molecule has 4 rings (SSSR count). The first kappa shape index (κ1) is 38.9. The van der Waals surface area contributed by atoms with Gasteiger partial charge in [0.15, 0.2) is 23.0 Å². The van der Waals surface area contributed by atoms with Gasteiger partial charge in [-0.15, -0.1) is 10.1 Å². The molecule has 2 fully saturated rings. The van der Waals surface area contributed by atoms with Crippen molar-refractivity contribution in [2.45, 2.75) is 52.4 Å². The molecule has 0 saturated carbocycles. The highest BCUT2D eigenvalue weighted by atomic mass is 16.9. The second kappa shape index (κ2) is 15.6. The fraction of sp³-hybridized carbons (Fsp3) is 0.457. The molecule has 280 valence electrons. The number of allylic oxidation sites excluding steroid dienone is 2. The predicted molar refractivity (Wildman–Crippen MR) is 183 cm³/mol. The minimum atomic E-state index is -1.46. The maximum Gasteiger partial charge on any atom is 0.559 e. The molecule has 17 nitrogen and oxygen atoms in total. The largest absolute Gasteiger partial charge is 0.559 e. The quantitative estimate of drug-likeness (QED) is 0.153. The number of hydroxylamine groups is 4. The number of nitro groups is 2. The number of nitrogens with zero attached hydrogens (tertiary/aromatic N) is 4. The van der Waals surface area contributed by atoms with E-state index in [9.17, 15) is 34.6 Å². The summed E-state index contributed by atoms with van der Waals surface area (Å²) in [6, 6.07) is 5.46. The van der Waals surface area contributed by atoms with E-state index in [1.54, 1.807) is 0 Å². The van der Waals surface area contributed by atoms with E-state index < -0.39 is 51.5 Å². The molecule has 2 aromatic carbocycles. The Balaban J connectivity index is 1.57. The van der Waals surface area contributed by atoms with E-state index in [1.807, 2.05) is 27.7 Å². The van der Waals surface area contributed by atoms with Crippen LogP contribution >= 0.6 is 0 Å². The fourth-order valence-electron chi connectivity index (χ4n) is 7.15. The average Bonchev–Trinajstić information content (AvgIpc) is 3.51. The lowest BCUT2D eigenvalue weighted by Gasteiger charge is -2.29. The Labute approximate surface area is 299 Å². The number of methoxy groups -OCH3 is 4. The van der Waals surface area contributed by atoms with Crippen LogP contribution in [-0.2, 0) is 19.3 Å². The van der Waals surface area contributed by atoms with Gasteiger partial charge < -0.3 is 18.9 Å². The summed E-state index contributed by atoms with van der Waals surface area (Å²) in [5.41, 5.74) is 0.0914. The molecule has 2 aliphatic rings. The first-order chi connectivity index (χ1) is 24.5. The third-order valence-electron chi connectivity index (χ3n) is 9.43. The van der Waals surface area contributed by atoms with Crippen molar-refractivity contribution >= 4 is 29.3 Å². The SMILES string of the molecule is C=C1C(C(c2cc(OC)c(OC)cc2[N+](=O)[O-])C(C)C)CC(=O)N1OC(=O)ON1C(=C)C(C(c2cc(OC)c(OC)cc2[N+](=O)[O-])C(C)C)CC1=O. The van der Waals surface area contributed by atoms with E-state index in [-0.39, 0.29) is 81.6 Å². The molecule has 2 heterocycles. The molecular formula is C35H42N4O13. The second-order valence-electron chi connectivity index (χ2n) is 13.0. The van der Waals surface area contributed by atoms with Crippen molar-refractivity contribution < 1.29 is 52.9 Å². The number of hydrogen-bond donors (Lipinski definition) is 0. The van der Waals surface area contributed by atoms with Crippen LogP contribution < -0.4 is 18.9 Å². The molecule has 17 heteroatoms. The summed E-state index contributed by atoms with van der Waals surface area (Å²) in [5, 5.41) is 25.6. The number of carbonyl (C=O) groups is 3. The summed E-state index contributed by atoms with van der Waals surface area (Å²) in [7, 11) is 5.49. The second-order valence-corrected chi connectivity index (χ2v) is 13.0. The average molecular weight is 727 g/mol. The Hall–Kier alpha value is -5.87. The van der Waals surface area contributed by atoms with Crippen LogP contribution in [0.2, 0.25) is 0 Å². The van der Waals surface area contributed by atoms with E-state index in [0.717, 1.165) is 0 Å². The topological polar surface area (TPSA) is 199 Å². The van der Waals surface area contributed by atoms with Crippen molar-refractivity contribution in [1.82, 2.24) is 10.1 Å². The fourth-order valence-corrected chi connectivity index (χ4v) is 7.15. The Morgan fingerprint density at radius 2 is 0.981 bits per heavy atom. The van der Waals surface area contributed by atoms with Gasteiger partial charge in [0, 0.05) is 47.6 Å². The van der Waals surface area contributed by atoms with Crippen molar-refractivity contribution in [3.63, 3.8) is 0 Å². The Morgan fingerprint density at radius 3 is 1.25 bits per heavy atom. The first-order valence-electron chi connectivity index (χ1n) is 16.2. The Morgan fingerprint density at radius 1 is 0.673 bits per heavy atom. The number of ether oxygens (including phenoxy) is 4. The number of hydrogen-bond acceptors (Lipinski definition) is 13. The molecule has 2 amide bonds. The van der Waals surface area contributed by atoms with Gasteiger partial charge in [0.1, 0.15) is 0 Å². The molecule has 52 heavy (non-hydrogen) atoms. The van der Waals surface area contributed by atoms with E-state index >= 15 is 0 Å². The first-order valence-corrected chi connectivity index (χ1v) is 16.2. The van der Waals surface area contributed by atoms with E-state index in [0.29, 0.717) is 10.1 Å². The lowest BCUT2D eigenvalue weighted by molar-refractivity contribution is -0.386. The van der Waals surface area contributed by atoms with Gasteiger partial charge in [-0.05, 0) is 24.0 Å². The van der Waals surface area contributed by atoms with Crippen LogP contribution in [-0.4, -0.2) is 66.4 Å². The van der Waals surface area contributed by atoms with Crippen LogP contribution in [0.5, 0.6) is 23.0 Å². The number of rotatable bonds is 14. The van der Waals surface area contributed by atoms with Crippen LogP contribution in [0.1, 0.15) is 63.5 Å². The summed E-state index contributed by atoms with van der Waals surface area (Å²) in [4.78, 5) is 73.3. The summed E-state index contributed by atoms with van der Waals surface area (Å²) in [5.74, 6) is -3.89. The number of amides is 2. The molecule has 0 aromatic heterocycles. The number of nitro benzene ring substituents is 2. The highest BCUT2D eigenvalue weighted by Crippen LogP contribution is 2.50. The van der Waals surface area contributed by atoms with Crippen molar-refractivity contribution in [2.24, 2.45) is 23.7 Å². The van der Waals surface area contributed by atoms with Crippen LogP contribution in [0, 0.1) is 43.9 Å². The third kappa shape index (κ3) is 7.29. The molecule has 4 atom stereocenters. The smallest absolute Gasteiger partial charge is 0.493 e. The molecule has 0 radical (unpaired) electrons. The summed E-state index contributed by atoms with van der Waals surface area (Å²) >= 11 is 0. The summed E-state index contributed by atoms with van der Waals surface area (Å²) < 4.78 is 21.3. The molecule has 2 saturated heterocycles. The predicted octanol–water partition coefficient (Wildman–Crippen LogP) is 6.42. The Kier molecular flexibility index (Phi) is 11.7. The molecular weight excluding hydrogens is 684 g/mol. The molecule has 0 bridgehead atoms. The van der Waals surface area contributed by atoms with Crippen LogP contribution in [0.15, 0.2) is 48.8 Å². The van der Waals surface area contributed by atoms with Gasteiger partial charge in [0.2, 0.25) is 0 Å². The maximum atomic E-state index is 13.2. The molecule has 2 aromatic rings. The lowest BCUT2D eigenvalue weighted by atomic mass is 9.76. The highest BCUT2D eigenvalue weighted by Gasteiger charge is 2.47. The third-order valence-corrected chi connectivity index (χ3v) is 9.43. The Bertz CT molecular complexity index is 1680. The monoisotopic (exact) mass is 726 g/mol. The molecule has 0 N–H and O–H groups in total. The van der Waals surface area contributed by atoms with Crippen molar-refractivity contribution in [2.75, 3.05) is 28.4 Å². The van der Waals surface area contributed by atoms with Gasteiger partial charge in [-0.1, -0.05) is 40.9 Å². The van der Waals surface area contributed by atoms with E-state index in [4.69, 9.17) is 28.6 Å². The normalized spacial score (nSPS) is 18.5. The van der Waals surface area contributed by atoms with Gasteiger partial charge in [0.05, 0.1) is 61.8 Å². The molecule has 4 unspecified atom stereocenters. The zero-order valence-corrected chi connectivity index (χ0v) is 30.2. The van der Waals surface area contributed by atoms with Gasteiger partial charge in [-0.2, -0.15) is 4.79 Å². The van der Waals surface area contributed by atoms with E-state index in [1.165, 1.54) is 52.7 Å². The standard InChI is InChI=1S/C35H42N4O13/c1-17(2)33(23-11-27(47-7)29(49-9)15-25(23)38(43)44)21-13-31(40)36(19(21)5)51-35(42)52-37-20(6)22(14-32(37)41)34(18(3)4)24-12-28(48-8)30(50-10)16-26(24)39(45)46/h11-12,15-18,21-22,33-34H,5-6,13-14H2,1-4,7-10H3. The van der Waals surface area contributed by atoms with Gasteiger partial charge >= 0.3 is 6.16 Å². The summed E-state index contributed by atoms with van der Waals surface area (Å²) in [6.07, 6.45) is -1.88. The van der Waals surface area contributed by atoms with Gasteiger partial charge in [-0.3, -0.25) is 39.5 Å². The van der Waals surface area contributed by atoms with Crippen molar-refractivity contribution in [1.29, 1.82) is 0 Å².